The molecule has 0 bridgehead atoms. The number of nitrogens with zero attached hydrogens (tertiary/aromatic N) is 1. The number of carbonyl (C=O) groups is 1. The van der Waals surface area contributed by atoms with Crippen LogP contribution in [0.2, 0.25) is 0 Å². The maximum Gasteiger partial charge on any atom is 0.220 e. The lowest BCUT2D eigenvalue weighted by atomic mass is 9.96. The molecule has 0 spiro atoms. The second kappa shape index (κ2) is 20.6. The summed E-state index contributed by atoms with van der Waals surface area (Å²) < 4.78 is 28.2. The molecular weight excluding hydrogens is 632 g/mol. The summed E-state index contributed by atoms with van der Waals surface area (Å²) in [5.74, 6) is 1.97. The number of nitroso groups, excluding NO2 is 1. The number of benzene rings is 3. The maximum absolute atomic E-state index is 14.0. The number of thioether (sulfide) groups is 1. The standard InChI is InChI=1S/C37H52N2O8S/c1-7-8-9-10-11-12-13-14-15-16-17-18-19-32(48-37(40)25-22-30(44-3)36(47-6)31(23-25)45-4)26-24-29(43-2)33-27(38-41)20-21-28(39-42)34(33)35(26)46-5/h20-24,32,38,41H,7-19H2,1-6H3. The molecular formula is C37H52N2O8S. The smallest absolute Gasteiger partial charge is 0.220 e. The van der Waals surface area contributed by atoms with Gasteiger partial charge in [0, 0.05) is 16.4 Å². The summed E-state index contributed by atoms with van der Waals surface area (Å²) in [5.41, 5.74) is 3.73. The van der Waals surface area contributed by atoms with E-state index in [1.54, 1.807) is 18.2 Å². The largest absolute Gasteiger partial charge is 0.496 e. The molecule has 0 saturated heterocycles. The molecule has 0 amide bonds. The molecule has 0 fully saturated rings. The van der Waals surface area contributed by atoms with E-state index >= 15 is 0 Å². The van der Waals surface area contributed by atoms with Crippen LogP contribution in [0, 0.1) is 4.91 Å². The Hall–Kier alpha value is -3.70. The highest BCUT2D eigenvalue weighted by Gasteiger charge is 2.28. The molecule has 264 valence electrons. The van der Waals surface area contributed by atoms with Gasteiger partial charge in [-0.15, -0.1) is 4.91 Å². The first-order valence-corrected chi connectivity index (χ1v) is 17.8. The summed E-state index contributed by atoms with van der Waals surface area (Å²) in [7, 11) is 7.57. The number of nitrogens with one attached hydrogen (secondary N) is 1. The van der Waals surface area contributed by atoms with Crippen LogP contribution in [0.3, 0.4) is 0 Å². The monoisotopic (exact) mass is 684 g/mol. The van der Waals surface area contributed by atoms with Crippen molar-refractivity contribution in [3.8, 4) is 28.7 Å². The first-order valence-electron chi connectivity index (χ1n) is 16.9. The summed E-state index contributed by atoms with van der Waals surface area (Å²) in [5, 5.41) is 13.4. The molecule has 1 atom stereocenters. The van der Waals surface area contributed by atoms with Gasteiger partial charge in [0.15, 0.2) is 11.5 Å². The van der Waals surface area contributed by atoms with Gasteiger partial charge in [0.25, 0.3) is 0 Å². The second-order valence-corrected chi connectivity index (χ2v) is 12.9. The number of anilines is 1. The van der Waals surface area contributed by atoms with Gasteiger partial charge < -0.3 is 23.7 Å². The highest BCUT2D eigenvalue weighted by Crippen LogP contribution is 2.51. The van der Waals surface area contributed by atoms with Gasteiger partial charge in [0.1, 0.15) is 17.2 Å². The Bertz CT molecular complexity index is 1460. The molecule has 0 aliphatic heterocycles. The van der Waals surface area contributed by atoms with Gasteiger partial charge in [-0.25, -0.2) is 0 Å². The lowest BCUT2D eigenvalue weighted by Crippen LogP contribution is -2.06. The molecule has 0 radical (unpaired) electrons. The van der Waals surface area contributed by atoms with Crippen molar-refractivity contribution in [2.24, 2.45) is 5.18 Å². The molecule has 11 heteroatoms. The van der Waals surface area contributed by atoms with Crippen molar-refractivity contribution in [1.29, 1.82) is 0 Å². The lowest BCUT2D eigenvalue weighted by Gasteiger charge is -2.23. The minimum absolute atomic E-state index is 0.131. The Morgan fingerprint density at radius 3 is 1.75 bits per heavy atom. The van der Waals surface area contributed by atoms with Crippen molar-refractivity contribution in [2.45, 2.75) is 95.6 Å². The number of rotatable bonds is 23. The molecule has 3 rings (SSSR count). The van der Waals surface area contributed by atoms with Crippen LogP contribution in [0.5, 0.6) is 28.7 Å². The molecule has 48 heavy (non-hydrogen) atoms. The summed E-state index contributed by atoms with van der Waals surface area (Å²) in [6.07, 6.45) is 15.3. The minimum atomic E-state index is -0.363. The quantitative estimate of drug-likeness (QED) is 0.0566. The number of ether oxygens (including phenoxy) is 5. The highest BCUT2D eigenvalue weighted by molar-refractivity contribution is 8.14. The van der Waals surface area contributed by atoms with Gasteiger partial charge in [0.05, 0.1) is 52.0 Å². The van der Waals surface area contributed by atoms with Crippen molar-refractivity contribution in [2.75, 3.05) is 41.0 Å². The van der Waals surface area contributed by atoms with Crippen LogP contribution >= 0.6 is 11.8 Å². The Morgan fingerprint density at radius 2 is 1.27 bits per heavy atom. The number of methoxy groups -OCH3 is 5. The summed E-state index contributed by atoms with van der Waals surface area (Å²) >= 11 is 1.17. The van der Waals surface area contributed by atoms with Crippen LogP contribution in [0.1, 0.15) is 112 Å². The van der Waals surface area contributed by atoms with E-state index in [0.717, 1.165) is 19.3 Å². The predicted molar refractivity (Wildman–Crippen MR) is 194 cm³/mol. The molecule has 3 aromatic rings. The van der Waals surface area contributed by atoms with E-state index in [1.165, 1.54) is 111 Å². The Morgan fingerprint density at radius 1 is 0.729 bits per heavy atom. The maximum atomic E-state index is 14.0. The molecule has 3 aromatic carbocycles. The van der Waals surface area contributed by atoms with E-state index in [2.05, 4.69) is 17.6 Å². The van der Waals surface area contributed by atoms with E-state index < -0.39 is 0 Å². The minimum Gasteiger partial charge on any atom is -0.496 e. The van der Waals surface area contributed by atoms with Crippen molar-refractivity contribution >= 4 is 39.0 Å². The molecule has 2 N–H and O–H groups in total. The fraction of sp³-hybridized carbons (Fsp3) is 0.541. The van der Waals surface area contributed by atoms with Crippen LogP contribution in [0.25, 0.3) is 10.8 Å². The zero-order valence-electron chi connectivity index (χ0n) is 29.3. The van der Waals surface area contributed by atoms with E-state index in [0.29, 0.717) is 62.8 Å². The van der Waals surface area contributed by atoms with Crippen LogP contribution in [-0.2, 0) is 0 Å². The molecule has 0 heterocycles. The number of fused-ring (bicyclic) bond motifs is 1. The third-order valence-corrected chi connectivity index (χ3v) is 9.89. The fourth-order valence-corrected chi connectivity index (χ4v) is 7.23. The van der Waals surface area contributed by atoms with Gasteiger partial charge >= 0.3 is 0 Å². The van der Waals surface area contributed by atoms with Crippen LogP contribution in [-0.4, -0.2) is 45.9 Å². The van der Waals surface area contributed by atoms with Gasteiger partial charge in [-0.2, -0.15) is 0 Å². The highest BCUT2D eigenvalue weighted by atomic mass is 32.2. The van der Waals surface area contributed by atoms with Crippen molar-refractivity contribution in [3.63, 3.8) is 0 Å². The number of unbranched alkanes of at least 4 members (excludes halogenated alkanes) is 11. The topological polar surface area (TPSA) is 125 Å². The van der Waals surface area contributed by atoms with Crippen molar-refractivity contribution < 1.29 is 33.7 Å². The van der Waals surface area contributed by atoms with Crippen molar-refractivity contribution in [3.05, 3.63) is 46.4 Å². The SMILES string of the molecule is CCCCCCCCCCCCCCC(SC(=O)c1cc(OC)c(OC)c(OC)c1)c1cc(OC)c2c(NO)ccc(N=O)c2c1OC. The first kappa shape index (κ1) is 38.7. The number of carbonyl (C=O) groups excluding carboxylic acids is 1. The molecule has 0 aliphatic rings. The van der Waals surface area contributed by atoms with Crippen LogP contribution in [0.15, 0.2) is 35.5 Å². The predicted octanol–water partition coefficient (Wildman–Crippen LogP) is 10.8. The van der Waals surface area contributed by atoms with Gasteiger partial charge in [-0.05, 0) is 41.9 Å². The average Bonchev–Trinajstić information content (AvgIpc) is 3.12. The lowest BCUT2D eigenvalue weighted by molar-refractivity contribution is 0.108. The van der Waals surface area contributed by atoms with E-state index in [4.69, 9.17) is 23.7 Å². The molecule has 1 unspecified atom stereocenters. The summed E-state index contributed by atoms with van der Waals surface area (Å²) in [6.45, 7) is 2.25. The molecule has 0 aliphatic carbocycles. The summed E-state index contributed by atoms with van der Waals surface area (Å²) in [6, 6.07) is 8.16. The normalized spacial score (nSPS) is 11.6. The second-order valence-electron chi connectivity index (χ2n) is 11.8. The van der Waals surface area contributed by atoms with Crippen molar-refractivity contribution in [1.82, 2.24) is 0 Å². The van der Waals surface area contributed by atoms with Gasteiger partial charge in [0.2, 0.25) is 10.9 Å². The zero-order valence-corrected chi connectivity index (χ0v) is 30.1. The average molecular weight is 685 g/mol. The Balaban J connectivity index is 1.91. The third kappa shape index (κ3) is 9.92. The van der Waals surface area contributed by atoms with Gasteiger partial charge in [-0.3, -0.25) is 15.5 Å². The summed E-state index contributed by atoms with van der Waals surface area (Å²) in [4.78, 5) is 25.9. The van der Waals surface area contributed by atoms with E-state index in [-0.39, 0.29) is 16.1 Å². The molecule has 0 aromatic heterocycles. The zero-order chi connectivity index (χ0) is 34.9. The van der Waals surface area contributed by atoms with E-state index in [9.17, 15) is 14.9 Å². The first-order chi connectivity index (χ1) is 23.4. The third-order valence-electron chi connectivity index (χ3n) is 8.66. The number of hydrogen-bond donors (Lipinski definition) is 2. The van der Waals surface area contributed by atoms with Crippen LogP contribution < -0.4 is 29.2 Å². The molecule has 10 nitrogen and oxygen atoms in total. The van der Waals surface area contributed by atoms with Gasteiger partial charge in [-0.1, -0.05) is 95.7 Å². The van der Waals surface area contributed by atoms with Crippen LogP contribution in [0.4, 0.5) is 11.4 Å². The Kier molecular flexibility index (Phi) is 16.6. The number of hydrogen-bond acceptors (Lipinski definition) is 11. The molecule has 0 saturated carbocycles. The fourth-order valence-electron chi connectivity index (χ4n) is 6.13. The van der Waals surface area contributed by atoms with E-state index in [1.807, 2.05) is 6.07 Å². The Labute approximate surface area is 289 Å².